The predicted molar refractivity (Wildman–Crippen MR) is 94.5 cm³/mol. The smallest absolute Gasteiger partial charge is 0.341 e. The van der Waals surface area contributed by atoms with Crippen LogP contribution in [0.1, 0.15) is 21.8 Å². The fraction of sp³-hybridized carbons (Fsp3) is 0.111. The molecule has 0 radical (unpaired) electrons. The zero-order chi connectivity index (χ0) is 17.8. The largest absolute Gasteiger partial charge is 0.452 e. The lowest BCUT2D eigenvalue weighted by Crippen LogP contribution is -2.05. The molecule has 0 atom stereocenters. The molecule has 1 aromatic carbocycles. The van der Waals surface area contributed by atoms with E-state index >= 15 is 0 Å². The highest BCUT2D eigenvalue weighted by Gasteiger charge is 2.14. The summed E-state index contributed by atoms with van der Waals surface area (Å²) in [4.78, 5) is 16.4. The van der Waals surface area contributed by atoms with Crippen molar-refractivity contribution < 1.29 is 14.1 Å². The molecular weight excluding hydrogens is 352 g/mol. The highest BCUT2D eigenvalue weighted by atomic mass is 32.1. The minimum Gasteiger partial charge on any atom is -0.452 e. The van der Waals surface area contributed by atoms with Crippen molar-refractivity contribution in [3.63, 3.8) is 0 Å². The molecule has 4 aromatic rings. The number of rotatable bonds is 6. The van der Waals surface area contributed by atoms with E-state index in [0.29, 0.717) is 17.9 Å². The SMILES string of the molecule is O=C(OCc1nc(-c2ccsc2)no1)c1cnn(Cc2ccccc2)c1. The monoisotopic (exact) mass is 366 g/mol. The molecule has 0 spiro atoms. The van der Waals surface area contributed by atoms with Crippen molar-refractivity contribution in [3.05, 3.63) is 76.6 Å². The summed E-state index contributed by atoms with van der Waals surface area (Å²) in [5.74, 6) is 0.240. The quantitative estimate of drug-likeness (QED) is 0.486. The van der Waals surface area contributed by atoms with Gasteiger partial charge in [-0.1, -0.05) is 35.5 Å². The molecule has 0 aliphatic heterocycles. The van der Waals surface area contributed by atoms with Crippen LogP contribution in [0.25, 0.3) is 11.4 Å². The van der Waals surface area contributed by atoms with Crippen molar-refractivity contribution in [2.75, 3.05) is 0 Å². The van der Waals surface area contributed by atoms with E-state index in [9.17, 15) is 4.79 Å². The van der Waals surface area contributed by atoms with E-state index in [0.717, 1.165) is 11.1 Å². The maximum absolute atomic E-state index is 12.2. The zero-order valence-corrected chi connectivity index (χ0v) is 14.4. The minimum absolute atomic E-state index is 0.0835. The molecule has 0 N–H and O–H groups in total. The molecule has 8 heteroatoms. The second kappa shape index (κ2) is 7.32. The molecule has 4 rings (SSSR count). The van der Waals surface area contributed by atoms with Crippen LogP contribution < -0.4 is 0 Å². The Labute approximate surface area is 152 Å². The van der Waals surface area contributed by atoms with Gasteiger partial charge in [0.05, 0.1) is 18.3 Å². The molecule has 0 saturated heterocycles. The Kier molecular flexibility index (Phi) is 4.57. The fourth-order valence-corrected chi connectivity index (χ4v) is 2.99. The van der Waals surface area contributed by atoms with E-state index in [1.807, 2.05) is 47.2 Å². The Morgan fingerprint density at radius 3 is 2.92 bits per heavy atom. The van der Waals surface area contributed by atoms with E-state index in [-0.39, 0.29) is 12.5 Å². The summed E-state index contributed by atoms with van der Waals surface area (Å²) in [6.45, 7) is 0.502. The highest BCUT2D eigenvalue weighted by Crippen LogP contribution is 2.19. The van der Waals surface area contributed by atoms with E-state index in [1.54, 1.807) is 22.2 Å². The fourth-order valence-electron chi connectivity index (χ4n) is 2.36. The molecule has 26 heavy (non-hydrogen) atoms. The molecule has 0 aliphatic carbocycles. The Balaban J connectivity index is 1.35. The molecular formula is C18H14N4O3S. The van der Waals surface area contributed by atoms with Gasteiger partial charge in [-0.25, -0.2) is 4.79 Å². The molecule has 130 valence electrons. The summed E-state index contributed by atoms with van der Waals surface area (Å²) in [7, 11) is 0. The first kappa shape index (κ1) is 16.2. The van der Waals surface area contributed by atoms with Crippen LogP contribution in [-0.2, 0) is 17.9 Å². The number of thiophene rings is 1. The molecule has 0 unspecified atom stereocenters. The number of aromatic nitrogens is 4. The first-order valence-electron chi connectivity index (χ1n) is 7.86. The first-order valence-corrected chi connectivity index (χ1v) is 8.81. The van der Waals surface area contributed by atoms with Gasteiger partial charge in [-0.3, -0.25) is 4.68 Å². The molecule has 0 saturated carbocycles. The van der Waals surface area contributed by atoms with Gasteiger partial charge in [0.1, 0.15) is 0 Å². The summed E-state index contributed by atoms with van der Waals surface area (Å²) in [5, 5.41) is 11.9. The molecule has 3 heterocycles. The van der Waals surface area contributed by atoms with Gasteiger partial charge in [-0.2, -0.15) is 21.4 Å². The average Bonchev–Trinajstić information content (AvgIpc) is 3.41. The van der Waals surface area contributed by atoms with Crippen LogP contribution in [0.3, 0.4) is 0 Å². The Morgan fingerprint density at radius 2 is 2.12 bits per heavy atom. The van der Waals surface area contributed by atoms with Crippen molar-refractivity contribution in [3.8, 4) is 11.4 Å². The summed E-state index contributed by atoms with van der Waals surface area (Å²) in [5.41, 5.74) is 2.35. The first-order chi connectivity index (χ1) is 12.8. The van der Waals surface area contributed by atoms with E-state index in [4.69, 9.17) is 9.26 Å². The molecule has 0 amide bonds. The standard InChI is InChI=1S/C18H14N4O3S/c23-18(15-8-19-22(10-15)9-13-4-2-1-3-5-13)24-11-16-20-17(21-25-16)14-6-7-26-12-14/h1-8,10,12H,9,11H2. The second-order valence-electron chi connectivity index (χ2n) is 5.51. The minimum atomic E-state index is -0.486. The Hall–Kier alpha value is -3.26. The summed E-state index contributed by atoms with van der Waals surface area (Å²) in [6.07, 6.45) is 3.13. The van der Waals surface area contributed by atoms with Crippen LogP contribution in [0.15, 0.2) is 64.1 Å². The van der Waals surface area contributed by atoms with Gasteiger partial charge in [0.2, 0.25) is 5.82 Å². The van der Waals surface area contributed by atoms with Crippen LogP contribution in [-0.4, -0.2) is 25.9 Å². The number of hydrogen-bond acceptors (Lipinski definition) is 7. The highest BCUT2D eigenvalue weighted by molar-refractivity contribution is 7.08. The molecule has 0 fully saturated rings. The van der Waals surface area contributed by atoms with Crippen molar-refractivity contribution >= 4 is 17.3 Å². The Morgan fingerprint density at radius 1 is 1.23 bits per heavy atom. The summed E-state index contributed by atoms with van der Waals surface area (Å²) < 4.78 is 12.0. The lowest BCUT2D eigenvalue weighted by atomic mass is 10.2. The molecule has 7 nitrogen and oxygen atoms in total. The van der Waals surface area contributed by atoms with E-state index in [2.05, 4.69) is 15.2 Å². The summed E-state index contributed by atoms with van der Waals surface area (Å²) >= 11 is 1.55. The van der Waals surface area contributed by atoms with Gasteiger partial charge in [-0.15, -0.1) is 0 Å². The number of esters is 1. The van der Waals surface area contributed by atoms with Crippen molar-refractivity contribution in [2.45, 2.75) is 13.2 Å². The predicted octanol–water partition coefficient (Wildman–Crippen LogP) is 3.40. The lowest BCUT2D eigenvalue weighted by molar-refractivity contribution is 0.0429. The number of ether oxygens (including phenoxy) is 1. The number of carbonyl (C=O) groups is 1. The van der Waals surface area contributed by atoms with E-state index < -0.39 is 5.97 Å². The van der Waals surface area contributed by atoms with Gasteiger partial charge in [0.25, 0.3) is 5.89 Å². The number of carbonyl (C=O) groups excluding carboxylic acids is 1. The van der Waals surface area contributed by atoms with Crippen LogP contribution in [0.5, 0.6) is 0 Å². The molecule has 0 aliphatic rings. The van der Waals surface area contributed by atoms with Gasteiger partial charge in [0, 0.05) is 17.1 Å². The van der Waals surface area contributed by atoms with Crippen LogP contribution in [0, 0.1) is 0 Å². The zero-order valence-electron chi connectivity index (χ0n) is 13.6. The summed E-state index contributed by atoms with van der Waals surface area (Å²) in [6, 6.07) is 11.8. The van der Waals surface area contributed by atoms with Crippen LogP contribution in [0.4, 0.5) is 0 Å². The van der Waals surface area contributed by atoms with Gasteiger partial charge < -0.3 is 9.26 Å². The average molecular weight is 366 g/mol. The number of hydrogen-bond donors (Lipinski definition) is 0. The normalized spacial score (nSPS) is 10.8. The third-order valence-electron chi connectivity index (χ3n) is 3.63. The Bertz CT molecular complexity index is 993. The van der Waals surface area contributed by atoms with Gasteiger partial charge in [-0.05, 0) is 17.0 Å². The van der Waals surface area contributed by atoms with Crippen molar-refractivity contribution in [2.24, 2.45) is 0 Å². The van der Waals surface area contributed by atoms with Crippen LogP contribution in [0.2, 0.25) is 0 Å². The maximum atomic E-state index is 12.2. The third kappa shape index (κ3) is 3.70. The molecule has 0 bridgehead atoms. The third-order valence-corrected chi connectivity index (χ3v) is 4.31. The van der Waals surface area contributed by atoms with Crippen molar-refractivity contribution in [1.29, 1.82) is 0 Å². The maximum Gasteiger partial charge on any atom is 0.341 e. The van der Waals surface area contributed by atoms with Gasteiger partial charge in [0.15, 0.2) is 6.61 Å². The lowest BCUT2D eigenvalue weighted by Gasteiger charge is -2.01. The number of nitrogens with zero attached hydrogens (tertiary/aromatic N) is 4. The van der Waals surface area contributed by atoms with Crippen LogP contribution >= 0.6 is 11.3 Å². The number of benzene rings is 1. The topological polar surface area (TPSA) is 83.0 Å². The van der Waals surface area contributed by atoms with Gasteiger partial charge >= 0.3 is 5.97 Å². The van der Waals surface area contributed by atoms with Crippen molar-refractivity contribution in [1.82, 2.24) is 19.9 Å². The molecule has 3 aromatic heterocycles. The van der Waals surface area contributed by atoms with E-state index in [1.165, 1.54) is 6.20 Å². The second-order valence-corrected chi connectivity index (χ2v) is 6.29.